The Kier molecular flexibility index (Phi) is 11.8. The molecule has 290 valence electrons. The molecular formula is C41H56ClFN4O5S. The van der Waals surface area contributed by atoms with Crippen molar-refractivity contribution in [3.8, 4) is 5.75 Å². The smallest absolute Gasteiger partial charge is 0.264 e. The first-order valence-electron chi connectivity index (χ1n) is 19.6. The fourth-order valence-corrected chi connectivity index (χ4v) is 10.8. The van der Waals surface area contributed by atoms with Crippen molar-refractivity contribution in [2.75, 3.05) is 57.8 Å². The third-order valence-electron chi connectivity index (χ3n) is 13.0. The number of hydrogen-bond acceptors (Lipinski definition) is 8. The average Bonchev–Trinajstić information content (AvgIpc) is 3.15. The van der Waals surface area contributed by atoms with Gasteiger partial charge >= 0.3 is 0 Å². The van der Waals surface area contributed by atoms with Gasteiger partial charge in [-0.3, -0.25) is 14.6 Å². The predicted octanol–water partition coefficient (Wildman–Crippen LogP) is 6.64. The number of halogens is 2. The maximum absolute atomic E-state index is 14.5. The van der Waals surface area contributed by atoms with Gasteiger partial charge in [0.15, 0.2) is 0 Å². The minimum Gasteiger partial charge on any atom is -0.487 e. The maximum Gasteiger partial charge on any atom is 0.264 e. The lowest BCUT2D eigenvalue weighted by atomic mass is 9.63. The maximum atomic E-state index is 14.5. The fraction of sp³-hybridized carbons (Fsp3) is 0.634. The highest BCUT2D eigenvalue weighted by Gasteiger charge is 2.49. The van der Waals surface area contributed by atoms with E-state index in [1.54, 1.807) is 25.1 Å². The monoisotopic (exact) mass is 770 g/mol. The van der Waals surface area contributed by atoms with E-state index < -0.39 is 33.0 Å². The topological polar surface area (TPSA) is 91.4 Å². The van der Waals surface area contributed by atoms with Crippen LogP contribution in [0.15, 0.2) is 48.6 Å². The number of piperazine rings is 1. The number of amides is 1. The molecule has 5 aliphatic rings. The minimum absolute atomic E-state index is 0.209. The highest BCUT2D eigenvalue weighted by Crippen LogP contribution is 2.47. The fourth-order valence-electron chi connectivity index (χ4n) is 9.32. The molecule has 0 spiro atoms. The van der Waals surface area contributed by atoms with Crippen molar-refractivity contribution in [1.82, 2.24) is 14.5 Å². The minimum atomic E-state index is -3.98. The molecule has 4 aliphatic heterocycles. The van der Waals surface area contributed by atoms with Crippen molar-refractivity contribution in [2.45, 2.75) is 94.9 Å². The molecule has 2 bridgehead atoms. The number of aryl methyl sites for hydroxylation is 1. The summed E-state index contributed by atoms with van der Waals surface area (Å²) in [7, 11) is -2.17. The Hall–Kier alpha value is -2.70. The summed E-state index contributed by atoms with van der Waals surface area (Å²) >= 11 is 6.40. The van der Waals surface area contributed by atoms with Crippen LogP contribution in [0.2, 0.25) is 5.02 Å². The zero-order valence-corrected chi connectivity index (χ0v) is 33.0. The van der Waals surface area contributed by atoms with Gasteiger partial charge in [-0.25, -0.2) is 17.5 Å². The number of sulfonamides is 1. The van der Waals surface area contributed by atoms with Gasteiger partial charge in [-0.15, -0.1) is 0 Å². The quantitative estimate of drug-likeness (QED) is 0.348. The number of allylic oxidation sites excluding steroid dienone is 1. The van der Waals surface area contributed by atoms with E-state index in [9.17, 15) is 17.6 Å². The molecule has 3 fully saturated rings. The van der Waals surface area contributed by atoms with Crippen LogP contribution < -0.4 is 14.4 Å². The molecule has 2 aromatic rings. The number of hydrogen-bond donors (Lipinski definition) is 1. The Balaban J connectivity index is 1.24. The molecule has 1 saturated carbocycles. The summed E-state index contributed by atoms with van der Waals surface area (Å²) in [5.41, 5.74) is 2.72. The second-order valence-corrected chi connectivity index (χ2v) is 18.7. The number of rotatable bonds is 3. The number of benzene rings is 2. The summed E-state index contributed by atoms with van der Waals surface area (Å²) in [6.45, 7) is 9.59. The van der Waals surface area contributed by atoms with E-state index in [1.807, 2.05) is 32.2 Å². The summed E-state index contributed by atoms with van der Waals surface area (Å²) in [5.74, 6) is 0.285. The molecule has 9 nitrogen and oxygen atoms in total. The Bertz CT molecular complexity index is 1780. The third kappa shape index (κ3) is 8.44. The van der Waals surface area contributed by atoms with Gasteiger partial charge in [-0.2, -0.15) is 0 Å². The lowest BCUT2D eigenvalue weighted by Crippen LogP contribution is -2.61. The first-order chi connectivity index (χ1) is 25.4. The van der Waals surface area contributed by atoms with Gasteiger partial charge < -0.3 is 14.4 Å². The lowest BCUT2D eigenvalue weighted by Gasteiger charge is -2.53. The first-order valence-corrected chi connectivity index (χ1v) is 21.6. The van der Waals surface area contributed by atoms with E-state index in [0.29, 0.717) is 49.1 Å². The normalized spacial score (nSPS) is 33.5. The van der Waals surface area contributed by atoms with Gasteiger partial charge in [-0.05, 0) is 118 Å². The van der Waals surface area contributed by atoms with Crippen LogP contribution >= 0.6 is 11.6 Å². The molecule has 1 aliphatic carbocycles. The molecule has 1 amide bonds. The van der Waals surface area contributed by atoms with Crippen molar-refractivity contribution in [3.63, 3.8) is 0 Å². The Morgan fingerprint density at radius 1 is 1.02 bits per heavy atom. The van der Waals surface area contributed by atoms with Crippen LogP contribution in [0.3, 0.4) is 0 Å². The SMILES string of the molecule is CO[C@@]1(CN2CCN3CC[C@H](F)C[C@H]3C2)/C=C/C[C@H](C)[C@@H](C)S(=O)(=O)NC(=O)c2ccc3c(c2)N(CCCCc2cc(Cl)ccc2CO3)C[C@@H]2CC[C@H]21. The van der Waals surface area contributed by atoms with Gasteiger partial charge in [0.25, 0.3) is 5.91 Å². The largest absolute Gasteiger partial charge is 0.487 e. The number of alkyl halides is 1. The molecule has 4 heterocycles. The number of ether oxygens (including phenoxy) is 2. The number of fused-ring (bicyclic) bond motifs is 4. The van der Waals surface area contributed by atoms with Gasteiger partial charge in [0.2, 0.25) is 10.0 Å². The van der Waals surface area contributed by atoms with E-state index >= 15 is 0 Å². The molecule has 7 atom stereocenters. The van der Waals surface area contributed by atoms with Crippen LogP contribution in [0.5, 0.6) is 5.75 Å². The van der Waals surface area contributed by atoms with Gasteiger partial charge in [0.05, 0.1) is 10.9 Å². The molecular weight excluding hydrogens is 715 g/mol. The zero-order chi connectivity index (χ0) is 37.3. The summed E-state index contributed by atoms with van der Waals surface area (Å²) < 4.78 is 57.3. The number of carbonyl (C=O) groups excluding carboxylic acids is 1. The van der Waals surface area contributed by atoms with Gasteiger partial charge in [0.1, 0.15) is 24.1 Å². The van der Waals surface area contributed by atoms with Crippen LogP contribution in [0, 0.1) is 17.8 Å². The molecule has 2 saturated heterocycles. The average molecular weight is 771 g/mol. The van der Waals surface area contributed by atoms with Crippen LogP contribution in [0.4, 0.5) is 10.1 Å². The Morgan fingerprint density at radius 2 is 1.87 bits per heavy atom. The van der Waals surface area contributed by atoms with E-state index in [1.165, 1.54) is 5.56 Å². The highest BCUT2D eigenvalue weighted by atomic mass is 35.5. The van der Waals surface area contributed by atoms with Crippen molar-refractivity contribution >= 4 is 33.2 Å². The molecule has 7 rings (SSSR count). The summed E-state index contributed by atoms with van der Waals surface area (Å²) in [6.07, 6.45) is 10.1. The van der Waals surface area contributed by atoms with Crippen LogP contribution in [0.1, 0.15) is 80.3 Å². The number of anilines is 1. The van der Waals surface area contributed by atoms with E-state index in [4.69, 9.17) is 21.1 Å². The molecule has 1 N–H and O–H groups in total. The molecule has 0 aromatic heterocycles. The number of nitrogens with zero attached hydrogens (tertiary/aromatic N) is 3. The second kappa shape index (κ2) is 16.2. The number of piperidine rings is 1. The van der Waals surface area contributed by atoms with Crippen molar-refractivity contribution in [2.24, 2.45) is 17.8 Å². The van der Waals surface area contributed by atoms with E-state index in [2.05, 4.69) is 31.6 Å². The lowest BCUT2D eigenvalue weighted by molar-refractivity contribution is -0.101. The molecule has 53 heavy (non-hydrogen) atoms. The van der Waals surface area contributed by atoms with Crippen molar-refractivity contribution in [3.05, 3.63) is 70.3 Å². The number of methoxy groups -OCH3 is 1. The third-order valence-corrected chi connectivity index (χ3v) is 15.1. The Labute approximate surface area is 320 Å². The molecule has 12 heteroatoms. The first kappa shape index (κ1) is 38.6. The highest BCUT2D eigenvalue weighted by molar-refractivity contribution is 7.90. The van der Waals surface area contributed by atoms with Crippen LogP contribution in [0.25, 0.3) is 0 Å². The van der Waals surface area contributed by atoms with Crippen molar-refractivity contribution < 1.29 is 27.1 Å². The summed E-state index contributed by atoms with van der Waals surface area (Å²) in [5, 5.41) is -0.1000. The summed E-state index contributed by atoms with van der Waals surface area (Å²) in [6, 6.07) is 11.4. The second-order valence-electron chi connectivity index (χ2n) is 16.2. The van der Waals surface area contributed by atoms with Gasteiger partial charge in [-0.1, -0.05) is 36.7 Å². The number of nitrogens with one attached hydrogen (secondary N) is 1. The molecule has 0 radical (unpaired) electrons. The zero-order valence-electron chi connectivity index (χ0n) is 31.4. The molecule has 0 unspecified atom stereocenters. The van der Waals surface area contributed by atoms with Crippen LogP contribution in [-0.2, 0) is 27.8 Å². The van der Waals surface area contributed by atoms with Crippen LogP contribution in [-0.4, -0.2) is 100 Å². The molecule has 2 aromatic carbocycles. The standard InChI is InChI=1S/C41H56ClFN4O5S/c1-28-7-6-16-41(51-3,27-45-19-20-46-18-15-35(43)23-36(46)25-45)37-13-10-32(37)24-47-17-5-4-8-30-21-34(42)12-9-33(30)26-52-39-14-11-31(22-38(39)47)40(48)44-53(49,50)29(28)2/h6,9,11-12,14,16,21-22,28-29,32,35-37H,4-5,7-8,10,13,15,17-20,23-27H2,1-3H3,(H,44,48)/b16-6+/t28-,29+,32-,35-,36-,37+,41+/m0/s1. The Morgan fingerprint density at radius 3 is 2.66 bits per heavy atom. The predicted molar refractivity (Wildman–Crippen MR) is 208 cm³/mol. The van der Waals surface area contributed by atoms with E-state index in [0.717, 1.165) is 82.6 Å². The van der Waals surface area contributed by atoms with Gasteiger partial charge in [0, 0.05) is 69.6 Å². The number of carbonyl (C=O) groups is 1. The van der Waals surface area contributed by atoms with E-state index in [-0.39, 0.29) is 23.4 Å². The van der Waals surface area contributed by atoms with Crippen molar-refractivity contribution in [1.29, 1.82) is 0 Å². The summed E-state index contributed by atoms with van der Waals surface area (Å²) in [4.78, 5) is 20.9.